The zero-order valence-corrected chi connectivity index (χ0v) is 12.8. The number of allylic oxidation sites excluding steroid dienone is 2. The number of hydrogen-bond acceptors (Lipinski definition) is 5. The molecule has 7 nitrogen and oxygen atoms in total. The van der Waals surface area contributed by atoms with E-state index in [1.807, 2.05) is 0 Å². The largest absolute Gasteiger partial charge is 0.465 e. The van der Waals surface area contributed by atoms with Crippen LogP contribution in [0, 0.1) is 0 Å². The third-order valence-corrected chi connectivity index (χ3v) is 3.51. The number of hydrogen-bond donors (Lipinski definition) is 2. The van der Waals surface area contributed by atoms with Gasteiger partial charge >= 0.3 is 12.2 Å². The molecule has 1 aliphatic rings. The molecule has 0 bridgehead atoms. The number of alkyl carbamates (subject to hydrolysis) is 1. The average Bonchev–Trinajstić information content (AvgIpc) is 2.53. The van der Waals surface area contributed by atoms with Crippen molar-refractivity contribution in [1.82, 2.24) is 5.32 Å². The van der Waals surface area contributed by atoms with Crippen molar-refractivity contribution in [2.45, 2.75) is 18.9 Å². The highest BCUT2D eigenvalue weighted by Gasteiger charge is 2.45. The summed E-state index contributed by atoms with van der Waals surface area (Å²) in [5.74, 6) is -0.682. The summed E-state index contributed by atoms with van der Waals surface area (Å²) in [4.78, 5) is 46.4. The first-order chi connectivity index (χ1) is 11.4. The van der Waals surface area contributed by atoms with Crippen LogP contribution < -0.4 is 5.32 Å². The van der Waals surface area contributed by atoms with Crippen LogP contribution in [0.2, 0.25) is 0 Å². The van der Waals surface area contributed by atoms with Crippen LogP contribution in [0.5, 0.6) is 0 Å². The molecule has 0 fully saturated rings. The monoisotopic (exact) mass is 329 g/mol. The van der Waals surface area contributed by atoms with Gasteiger partial charge in [-0.05, 0) is 13.0 Å². The SMILES string of the molecule is CC(=O)C(OC(=O)NC(=O)O)(C1=CCC(=O)C=C1)c1ccccc1. The summed E-state index contributed by atoms with van der Waals surface area (Å²) in [5, 5.41) is 10.2. The minimum atomic E-state index is -1.84. The second kappa shape index (κ2) is 6.91. The molecule has 0 heterocycles. The number of ketones is 2. The first kappa shape index (κ1) is 17.1. The van der Waals surface area contributed by atoms with Crippen LogP contribution in [0.15, 0.2) is 54.1 Å². The van der Waals surface area contributed by atoms with Crippen LogP contribution in [-0.4, -0.2) is 28.9 Å². The second-order valence-electron chi connectivity index (χ2n) is 5.09. The smallest absolute Gasteiger partial charge is 0.418 e. The molecule has 0 aromatic heterocycles. The molecule has 1 atom stereocenters. The highest BCUT2D eigenvalue weighted by Crippen LogP contribution is 2.37. The van der Waals surface area contributed by atoms with Gasteiger partial charge in [0, 0.05) is 17.6 Å². The van der Waals surface area contributed by atoms with Gasteiger partial charge in [-0.15, -0.1) is 0 Å². The van der Waals surface area contributed by atoms with Gasteiger partial charge in [-0.25, -0.2) is 14.9 Å². The predicted octanol–water partition coefficient (Wildman–Crippen LogP) is 2.33. The molecular formula is C17H15NO6. The Hall–Kier alpha value is -3.22. The van der Waals surface area contributed by atoms with Gasteiger partial charge in [0.05, 0.1) is 0 Å². The maximum Gasteiger partial charge on any atom is 0.418 e. The molecular weight excluding hydrogens is 314 g/mol. The Morgan fingerprint density at radius 1 is 1.17 bits per heavy atom. The van der Waals surface area contributed by atoms with E-state index < -0.39 is 23.6 Å². The van der Waals surface area contributed by atoms with Crippen molar-refractivity contribution < 1.29 is 29.0 Å². The zero-order valence-electron chi connectivity index (χ0n) is 12.8. The number of carbonyl (C=O) groups excluding carboxylic acids is 3. The van der Waals surface area contributed by atoms with Crippen molar-refractivity contribution in [3.05, 3.63) is 59.7 Å². The number of imide groups is 1. The molecule has 0 aliphatic heterocycles. The Labute approximate surface area is 137 Å². The van der Waals surface area contributed by atoms with Crippen molar-refractivity contribution in [3.63, 3.8) is 0 Å². The van der Waals surface area contributed by atoms with E-state index in [0.717, 1.165) is 0 Å². The maximum atomic E-state index is 12.5. The molecule has 0 saturated heterocycles. The van der Waals surface area contributed by atoms with E-state index in [9.17, 15) is 19.2 Å². The van der Waals surface area contributed by atoms with Crippen molar-refractivity contribution in [2.75, 3.05) is 0 Å². The Kier molecular flexibility index (Phi) is 4.93. The van der Waals surface area contributed by atoms with E-state index in [2.05, 4.69) is 0 Å². The van der Waals surface area contributed by atoms with E-state index in [1.165, 1.54) is 25.2 Å². The molecule has 0 saturated carbocycles. The fourth-order valence-electron chi connectivity index (χ4n) is 2.48. The van der Waals surface area contributed by atoms with Crippen LogP contribution in [-0.2, 0) is 19.9 Å². The Bertz CT molecular complexity index is 750. The molecule has 7 heteroatoms. The lowest BCUT2D eigenvalue weighted by Gasteiger charge is -2.33. The Morgan fingerprint density at radius 2 is 1.83 bits per heavy atom. The molecule has 0 radical (unpaired) electrons. The van der Waals surface area contributed by atoms with E-state index >= 15 is 0 Å². The molecule has 124 valence electrons. The molecule has 1 unspecified atom stereocenters. The van der Waals surface area contributed by atoms with Gasteiger partial charge in [-0.1, -0.05) is 42.5 Å². The lowest BCUT2D eigenvalue weighted by Crippen LogP contribution is -2.45. The standard InChI is InChI=1S/C17H15NO6/c1-11(19)17(12-5-3-2-4-6-12,24-16(23)18-15(21)22)13-7-9-14(20)10-8-13/h2-9H,10H2,1H3,(H,18,23)(H,21,22). The van der Waals surface area contributed by atoms with Gasteiger partial charge in [-0.3, -0.25) is 9.59 Å². The zero-order chi connectivity index (χ0) is 17.7. The normalized spacial score (nSPS) is 15.9. The average molecular weight is 329 g/mol. The highest BCUT2D eigenvalue weighted by atomic mass is 16.6. The van der Waals surface area contributed by atoms with Crippen LogP contribution in [0.25, 0.3) is 0 Å². The summed E-state index contributed by atoms with van der Waals surface area (Å²) in [7, 11) is 0. The summed E-state index contributed by atoms with van der Waals surface area (Å²) in [5.41, 5.74) is -1.19. The minimum absolute atomic E-state index is 0.0532. The van der Waals surface area contributed by atoms with Gasteiger partial charge in [0.25, 0.3) is 0 Å². The summed E-state index contributed by atoms with van der Waals surface area (Å²) < 4.78 is 5.26. The van der Waals surface area contributed by atoms with Crippen molar-refractivity contribution in [3.8, 4) is 0 Å². The predicted molar refractivity (Wildman–Crippen MR) is 83.3 cm³/mol. The number of rotatable bonds is 4. The lowest BCUT2D eigenvalue weighted by atomic mass is 9.80. The first-order valence-electron chi connectivity index (χ1n) is 7.07. The molecule has 1 aromatic carbocycles. The minimum Gasteiger partial charge on any atom is -0.465 e. The van der Waals surface area contributed by atoms with E-state index in [-0.39, 0.29) is 12.2 Å². The van der Waals surface area contributed by atoms with Gasteiger partial charge in [-0.2, -0.15) is 0 Å². The van der Waals surface area contributed by atoms with Crippen molar-refractivity contribution in [2.24, 2.45) is 0 Å². The summed E-state index contributed by atoms with van der Waals surface area (Å²) in [6, 6.07) is 8.20. The molecule has 2 amide bonds. The van der Waals surface area contributed by atoms with E-state index in [1.54, 1.807) is 35.6 Å². The third-order valence-electron chi connectivity index (χ3n) is 3.51. The quantitative estimate of drug-likeness (QED) is 0.877. The topological polar surface area (TPSA) is 110 Å². The molecule has 2 rings (SSSR count). The van der Waals surface area contributed by atoms with Crippen molar-refractivity contribution >= 4 is 23.8 Å². The van der Waals surface area contributed by atoms with Gasteiger partial charge in [0.2, 0.25) is 5.60 Å². The number of ether oxygens (including phenoxy) is 1. The summed E-state index contributed by atoms with van der Waals surface area (Å²) in [6.45, 7) is 1.23. The maximum absolute atomic E-state index is 12.5. The number of amides is 2. The molecule has 2 N–H and O–H groups in total. The van der Waals surface area contributed by atoms with E-state index in [4.69, 9.17) is 9.84 Å². The molecule has 1 aliphatic carbocycles. The molecule has 1 aromatic rings. The highest BCUT2D eigenvalue weighted by molar-refractivity contribution is 5.98. The van der Waals surface area contributed by atoms with Gasteiger partial charge < -0.3 is 9.84 Å². The second-order valence-corrected chi connectivity index (χ2v) is 5.09. The van der Waals surface area contributed by atoms with Gasteiger partial charge in [0.15, 0.2) is 11.6 Å². The first-order valence-corrected chi connectivity index (χ1v) is 7.07. The number of nitrogens with one attached hydrogen (secondary N) is 1. The summed E-state index contributed by atoms with van der Waals surface area (Å²) >= 11 is 0. The van der Waals surface area contributed by atoms with Crippen molar-refractivity contribution in [1.29, 1.82) is 0 Å². The summed E-state index contributed by atoms with van der Waals surface area (Å²) in [6.07, 6.45) is 1.34. The third kappa shape index (κ3) is 3.40. The fraction of sp³-hybridized carbons (Fsp3) is 0.176. The Balaban J connectivity index is 2.56. The number of benzene rings is 1. The lowest BCUT2D eigenvalue weighted by molar-refractivity contribution is -0.132. The number of carbonyl (C=O) groups is 4. The fourth-order valence-corrected chi connectivity index (χ4v) is 2.48. The number of carboxylic acid groups (broad SMARTS) is 1. The van der Waals surface area contributed by atoms with Crippen LogP contribution in [0.1, 0.15) is 18.9 Å². The molecule has 0 spiro atoms. The van der Waals surface area contributed by atoms with Crippen LogP contribution >= 0.6 is 0 Å². The van der Waals surface area contributed by atoms with E-state index in [0.29, 0.717) is 11.1 Å². The van der Waals surface area contributed by atoms with Gasteiger partial charge in [0.1, 0.15) is 0 Å². The molecule has 24 heavy (non-hydrogen) atoms. The number of Topliss-reactive ketones (excluding diaryl/α,β-unsaturated/α-hetero) is 1. The van der Waals surface area contributed by atoms with Crippen LogP contribution in [0.3, 0.4) is 0 Å². The van der Waals surface area contributed by atoms with Crippen LogP contribution in [0.4, 0.5) is 9.59 Å². The Morgan fingerprint density at radius 3 is 2.33 bits per heavy atom.